The number of amides is 5. The molecule has 5 amide bonds. The number of carboxylic acid groups (broad SMARTS) is 3. The average molecular weight is 1150 g/mol. The smallest absolute Gasteiger partial charge is 0.323 e. The summed E-state index contributed by atoms with van der Waals surface area (Å²) in [4.78, 5) is 136. The Bertz CT molecular complexity index is 2660. The summed E-state index contributed by atoms with van der Waals surface area (Å²) in [5.41, 5.74) is 0.933. The SMILES string of the molecule is CCC(C)C(NC(=O)CCNC(=O)CCNC(=O)CN(CC(=O)O)C(=O)CN1CCC(CN2CCN(CC(=O)O)CCN(CC(=O)O)CC2)CC1)C(=O)N[C@H]1CCn2ccc3c2C(=C[C@@H](C(=O)Oc2c(F)c(F)cc(F)c2F)C3)C1=O. The number of nitrogens with one attached hydrogen (secondary N) is 4. The van der Waals surface area contributed by atoms with E-state index in [9.17, 15) is 80.8 Å². The number of ether oxygens (including phenoxy) is 1. The summed E-state index contributed by atoms with van der Waals surface area (Å²) >= 11 is 0. The minimum atomic E-state index is -1.92. The van der Waals surface area contributed by atoms with Crippen LogP contribution in [0.25, 0.3) is 5.57 Å². The van der Waals surface area contributed by atoms with Crippen molar-refractivity contribution in [3.05, 3.63) is 58.9 Å². The van der Waals surface area contributed by atoms with Crippen LogP contribution in [0.4, 0.5) is 17.6 Å². The molecule has 444 valence electrons. The molecule has 6 rings (SSSR count). The number of piperidine rings is 1. The van der Waals surface area contributed by atoms with Gasteiger partial charge in [0.05, 0.1) is 37.3 Å². The molecule has 1 aliphatic carbocycles. The van der Waals surface area contributed by atoms with Gasteiger partial charge in [0.25, 0.3) is 0 Å². The molecule has 2 saturated heterocycles. The molecule has 0 bridgehead atoms. The summed E-state index contributed by atoms with van der Waals surface area (Å²) in [6.07, 6.45) is 4.22. The third-order valence-corrected chi connectivity index (χ3v) is 14.9. The second kappa shape index (κ2) is 29.4. The third kappa shape index (κ3) is 18.1. The van der Waals surface area contributed by atoms with Gasteiger partial charge in [-0.25, -0.2) is 8.78 Å². The number of carboxylic acids is 3. The lowest BCUT2D eigenvalue weighted by Gasteiger charge is -2.35. The lowest BCUT2D eigenvalue weighted by atomic mass is 9.85. The molecule has 1 aromatic heterocycles. The molecule has 2 aromatic rings. The number of aromatic nitrogens is 1. The highest BCUT2D eigenvalue weighted by molar-refractivity contribution is 6.24. The van der Waals surface area contributed by atoms with E-state index in [1.54, 1.807) is 40.5 Å². The zero-order valence-electron chi connectivity index (χ0n) is 45.2. The van der Waals surface area contributed by atoms with Crippen LogP contribution in [0.3, 0.4) is 0 Å². The van der Waals surface area contributed by atoms with Crippen LogP contribution in [-0.2, 0) is 60.9 Å². The molecule has 0 saturated carbocycles. The van der Waals surface area contributed by atoms with E-state index < -0.39 is 125 Å². The minimum absolute atomic E-state index is 0.00846. The van der Waals surface area contributed by atoms with E-state index in [2.05, 4.69) is 26.2 Å². The lowest BCUT2D eigenvalue weighted by molar-refractivity contribution is -0.146. The maximum Gasteiger partial charge on any atom is 0.323 e. The van der Waals surface area contributed by atoms with Crippen molar-refractivity contribution in [3.63, 3.8) is 0 Å². The van der Waals surface area contributed by atoms with Gasteiger partial charge in [0.1, 0.15) is 19.1 Å². The number of benzene rings is 1. The Kier molecular flexibility index (Phi) is 22.8. The molecular weight excluding hydrogens is 1080 g/mol. The molecule has 28 heteroatoms. The first-order valence-electron chi connectivity index (χ1n) is 26.9. The fraction of sp³-hybridized carbons (Fsp3) is 0.585. The summed E-state index contributed by atoms with van der Waals surface area (Å²) in [5.74, 6) is -18.9. The summed E-state index contributed by atoms with van der Waals surface area (Å²) in [7, 11) is 0. The van der Waals surface area contributed by atoms with Gasteiger partial charge in [-0.2, -0.15) is 8.78 Å². The number of hydrogen-bond donors (Lipinski definition) is 7. The molecule has 2 unspecified atom stereocenters. The van der Waals surface area contributed by atoms with Crippen LogP contribution >= 0.6 is 0 Å². The van der Waals surface area contributed by atoms with Crippen LogP contribution in [-0.4, -0.2) is 220 Å². The van der Waals surface area contributed by atoms with E-state index >= 15 is 0 Å². The van der Waals surface area contributed by atoms with Crippen LogP contribution in [0.2, 0.25) is 0 Å². The van der Waals surface area contributed by atoms with E-state index in [1.165, 1.54) is 6.08 Å². The van der Waals surface area contributed by atoms with Gasteiger partial charge < -0.3 is 55.7 Å². The number of nitrogens with zero attached hydrogens (tertiary/aromatic N) is 6. The zero-order valence-corrected chi connectivity index (χ0v) is 45.2. The number of rotatable bonds is 25. The van der Waals surface area contributed by atoms with Crippen LogP contribution in [0.15, 0.2) is 24.4 Å². The highest BCUT2D eigenvalue weighted by Crippen LogP contribution is 2.36. The van der Waals surface area contributed by atoms with Crippen molar-refractivity contribution in [3.8, 4) is 5.75 Å². The predicted molar refractivity (Wildman–Crippen MR) is 278 cm³/mol. The first kappa shape index (κ1) is 62.9. The quantitative estimate of drug-likeness (QED) is 0.0296. The number of Topliss-reactive ketones (excluding diaryl/α,β-unsaturated/α-hetero) is 1. The van der Waals surface area contributed by atoms with Gasteiger partial charge in [0.15, 0.2) is 17.4 Å². The molecular formula is C53H70F4N10O14. The molecule has 2 fully saturated rings. The van der Waals surface area contributed by atoms with Gasteiger partial charge in [0, 0.05) is 96.1 Å². The zero-order chi connectivity index (χ0) is 59.1. The second-order valence-corrected chi connectivity index (χ2v) is 20.8. The van der Waals surface area contributed by atoms with Crippen molar-refractivity contribution >= 4 is 64.8 Å². The lowest BCUT2D eigenvalue weighted by Crippen LogP contribution is -2.54. The summed E-state index contributed by atoms with van der Waals surface area (Å²) in [6.45, 7) is 6.40. The van der Waals surface area contributed by atoms with Crippen LogP contribution < -0.4 is 26.0 Å². The molecule has 1 aromatic carbocycles. The average Bonchev–Trinajstić information content (AvgIpc) is 4.08. The summed E-state index contributed by atoms with van der Waals surface area (Å²) in [6, 6.07) is -0.706. The highest BCUT2D eigenvalue weighted by Gasteiger charge is 2.39. The van der Waals surface area contributed by atoms with Gasteiger partial charge in [0.2, 0.25) is 46.9 Å². The van der Waals surface area contributed by atoms with Crippen molar-refractivity contribution in [1.82, 2.24) is 50.3 Å². The van der Waals surface area contributed by atoms with Gasteiger partial charge in [-0.05, 0) is 62.2 Å². The Morgan fingerprint density at radius 2 is 1.28 bits per heavy atom. The van der Waals surface area contributed by atoms with E-state index in [0.29, 0.717) is 89.4 Å². The Balaban J connectivity index is 0.918. The van der Waals surface area contributed by atoms with Crippen molar-refractivity contribution in [2.75, 3.05) is 105 Å². The number of hydrogen-bond acceptors (Lipinski definition) is 15. The van der Waals surface area contributed by atoms with Crippen LogP contribution in [0.5, 0.6) is 5.75 Å². The third-order valence-electron chi connectivity index (χ3n) is 14.9. The van der Waals surface area contributed by atoms with Crippen molar-refractivity contribution in [1.29, 1.82) is 0 Å². The van der Waals surface area contributed by atoms with Gasteiger partial charge in [-0.3, -0.25) is 62.6 Å². The molecule has 0 spiro atoms. The Morgan fingerprint density at radius 1 is 0.716 bits per heavy atom. The number of carbonyl (C=O) groups excluding carboxylic acids is 7. The fourth-order valence-electron chi connectivity index (χ4n) is 10.3. The topological polar surface area (TPSA) is 310 Å². The monoisotopic (exact) mass is 1150 g/mol. The number of aryl methyl sites for hydroxylation is 1. The van der Waals surface area contributed by atoms with Crippen molar-refractivity contribution in [2.45, 2.75) is 77.4 Å². The number of ketones is 1. The molecule has 4 aliphatic rings. The molecule has 0 radical (unpaired) electrons. The number of esters is 1. The number of halogens is 4. The van der Waals surface area contributed by atoms with Crippen LogP contribution in [0, 0.1) is 41.0 Å². The van der Waals surface area contributed by atoms with Crippen LogP contribution in [0.1, 0.15) is 63.6 Å². The van der Waals surface area contributed by atoms with Gasteiger partial charge in [-0.15, -0.1) is 0 Å². The first-order valence-corrected chi connectivity index (χ1v) is 26.9. The Morgan fingerprint density at radius 3 is 1.86 bits per heavy atom. The molecule has 24 nitrogen and oxygen atoms in total. The molecule has 3 aliphatic heterocycles. The van der Waals surface area contributed by atoms with E-state index in [0.717, 1.165) is 4.90 Å². The molecule has 4 atom stereocenters. The van der Waals surface area contributed by atoms with E-state index in [4.69, 9.17) is 4.74 Å². The molecule has 7 N–H and O–H groups in total. The standard InChI is InChI=1S/C53H70F4N10O14/c1-3-31(2)48(52(79)60-38-9-15-66-14-8-33-22-34(23-35(49(33)66)50(38)78)53(80)81-51-46(56)36(54)24-37(55)47(51)57)61-40(69)5-11-58-39(68)4-10-59-41(70)26-67(30-45(76)77)42(71)27-62-12-6-32(7-13-62)25-63-16-18-64(28-43(72)73)20-21-65(19-17-63)29-44(74)75/h8,14,23-24,31-32,34,38,48H,3-7,9-13,15-22,25-30H2,1-2H3,(H,58,68)(H,59,70)(H,60,79)(H,61,69)(H,72,73)(H,74,75)(H,76,77)/t31?,34-,38-,48?/m0/s1. The van der Waals surface area contributed by atoms with E-state index in [1.807, 2.05) is 4.90 Å². The summed E-state index contributed by atoms with van der Waals surface area (Å²) in [5, 5.41) is 38.7. The Hall–Kier alpha value is -7.30. The predicted octanol–water partition coefficient (Wildman–Crippen LogP) is -0.0791. The van der Waals surface area contributed by atoms with Crippen molar-refractivity contribution < 1.29 is 85.6 Å². The normalized spacial score (nSPS) is 19.2. The van der Waals surface area contributed by atoms with Gasteiger partial charge >= 0.3 is 23.9 Å². The fourth-order valence-corrected chi connectivity index (χ4v) is 10.3. The first-order chi connectivity index (χ1) is 38.5. The number of carbonyl (C=O) groups is 10. The van der Waals surface area contributed by atoms with Crippen molar-refractivity contribution in [2.24, 2.45) is 17.8 Å². The Labute approximate surface area is 464 Å². The second-order valence-electron chi connectivity index (χ2n) is 20.8. The maximum absolute atomic E-state index is 14.4. The minimum Gasteiger partial charge on any atom is -0.480 e. The van der Waals surface area contributed by atoms with E-state index in [-0.39, 0.29) is 82.5 Å². The number of aliphatic carboxylic acids is 3. The number of likely N-dealkylation sites (tertiary alicyclic amines) is 1. The summed E-state index contributed by atoms with van der Waals surface area (Å²) < 4.78 is 63.0. The molecule has 4 heterocycles. The molecule has 81 heavy (non-hydrogen) atoms. The largest absolute Gasteiger partial charge is 0.480 e. The maximum atomic E-state index is 14.4. The highest BCUT2D eigenvalue weighted by atomic mass is 19.2. The van der Waals surface area contributed by atoms with Gasteiger partial charge in [-0.1, -0.05) is 26.3 Å².